The minimum atomic E-state index is -0.509. The summed E-state index contributed by atoms with van der Waals surface area (Å²) in [6.07, 6.45) is 0.350. The molecule has 1 fully saturated rings. The van der Waals surface area contributed by atoms with Crippen molar-refractivity contribution < 1.29 is 13.7 Å². The van der Waals surface area contributed by atoms with E-state index in [-0.39, 0.29) is 12.1 Å². The maximum Gasteiger partial charge on any atom is 0.422 e. The summed E-state index contributed by atoms with van der Waals surface area (Å²) >= 11 is 6.92. The molecule has 0 aliphatic carbocycles. The lowest BCUT2D eigenvalue weighted by atomic mass is 10.1. The number of benzene rings is 1. The molecule has 1 aromatic rings. The van der Waals surface area contributed by atoms with Crippen LogP contribution in [-0.4, -0.2) is 28.6 Å². The molecule has 6 heteroatoms. The molecule has 110 valence electrons. The fourth-order valence-electron chi connectivity index (χ4n) is 1.82. The van der Waals surface area contributed by atoms with Gasteiger partial charge >= 0.3 is 6.09 Å². The van der Waals surface area contributed by atoms with E-state index in [1.54, 1.807) is 4.31 Å². The van der Waals surface area contributed by atoms with Crippen molar-refractivity contribution in [3.8, 4) is 0 Å². The van der Waals surface area contributed by atoms with E-state index in [2.05, 4.69) is 0 Å². The van der Waals surface area contributed by atoms with Crippen LogP contribution < -0.4 is 0 Å². The highest BCUT2D eigenvalue weighted by molar-refractivity contribution is 7.93. The maximum atomic E-state index is 12.1. The van der Waals surface area contributed by atoms with Gasteiger partial charge in [-0.25, -0.2) is 9.10 Å². The summed E-state index contributed by atoms with van der Waals surface area (Å²) in [5.41, 5.74) is 0.601. The van der Waals surface area contributed by atoms with E-state index < -0.39 is 5.60 Å². The van der Waals surface area contributed by atoms with Crippen LogP contribution in [0.25, 0.3) is 0 Å². The average molecular weight is 316 g/mol. The van der Waals surface area contributed by atoms with Gasteiger partial charge in [0.15, 0.2) is 0 Å². The van der Waals surface area contributed by atoms with Crippen LogP contribution in [0.15, 0.2) is 24.3 Å². The van der Waals surface area contributed by atoms with Crippen LogP contribution in [0.3, 0.4) is 0 Å². The third-order valence-electron chi connectivity index (χ3n) is 2.68. The molecule has 1 heterocycles. The van der Waals surface area contributed by atoms with Crippen molar-refractivity contribution in [3.63, 3.8) is 0 Å². The van der Waals surface area contributed by atoms with Crippen molar-refractivity contribution in [3.05, 3.63) is 34.9 Å². The molecule has 0 bridgehead atoms. The van der Waals surface area contributed by atoms with Gasteiger partial charge in [0.05, 0.1) is 12.6 Å². The normalized spacial score (nSPS) is 19.2. The van der Waals surface area contributed by atoms with Gasteiger partial charge in [-0.3, -0.25) is 4.18 Å². The second kappa shape index (κ2) is 6.24. The minimum Gasteiger partial charge on any atom is -0.443 e. The van der Waals surface area contributed by atoms with Gasteiger partial charge in [0.2, 0.25) is 0 Å². The molecule has 0 spiro atoms. The van der Waals surface area contributed by atoms with E-state index in [4.69, 9.17) is 20.5 Å². The maximum absolute atomic E-state index is 12.1. The second-order valence-corrected chi connectivity index (χ2v) is 6.86. The summed E-state index contributed by atoms with van der Waals surface area (Å²) in [7, 11) is 0. The highest BCUT2D eigenvalue weighted by Gasteiger charge is 2.34. The van der Waals surface area contributed by atoms with Crippen LogP contribution in [0.2, 0.25) is 5.02 Å². The Kier molecular flexibility index (Phi) is 4.83. The molecule has 1 atom stereocenters. The number of halogens is 1. The Balaban J connectivity index is 2.00. The molecule has 2 rings (SSSR count). The molecule has 0 unspecified atom stereocenters. The summed E-state index contributed by atoms with van der Waals surface area (Å²) in [6, 6.07) is 7.57. The lowest BCUT2D eigenvalue weighted by Crippen LogP contribution is -2.38. The number of nitrogens with zero attached hydrogens (tertiary/aromatic N) is 1. The smallest absolute Gasteiger partial charge is 0.422 e. The van der Waals surface area contributed by atoms with Gasteiger partial charge in [-0.15, -0.1) is 0 Å². The van der Waals surface area contributed by atoms with Crippen LogP contribution in [-0.2, 0) is 15.3 Å². The molecule has 4 nitrogen and oxygen atoms in total. The van der Waals surface area contributed by atoms with Gasteiger partial charge in [0.25, 0.3) is 0 Å². The van der Waals surface area contributed by atoms with E-state index >= 15 is 0 Å². The topological polar surface area (TPSA) is 38.8 Å². The standard InChI is InChI=1S/C14H18ClNO3S/c1-14(2,3)19-13(17)16-12(9-18-20-16)8-10-4-6-11(15)7-5-10/h4-7,12H,8-9H2,1-3H3/t12-/m0/s1. The van der Waals surface area contributed by atoms with Crippen LogP contribution in [0.4, 0.5) is 4.79 Å². The number of ether oxygens (including phenoxy) is 1. The first-order valence-corrected chi connectivity index (χ1v) is 7.49. The summed E-state index contributed by atoms with van der Waals surface area (Å²) in [4.78, 5) is 12.1. The van der Waals surface area contributed by atoms with Crippen molar-refractivity contribution in [2.24, 2.45) is 0 Å². The molecule has 0 saturated carbocycles. The van der Waals surface area contributed by atoms with Crippen LogP contribution in [0, 0.1) is 0 Å². The zero-order chi connectivity index (χ0) is 14.8. The zero-order valence-corrected chi connectivity index (χ0v) is 13.3. The number of hydrogen-bond acceptors (Lipinski definition) is 4. The van der Waals surface area contributed by atoms with E-state index in [0.717, 1.165) is 17.8 Å². The Morgan fingerprint density at radius 2 is 2.10 bits per heavy atom. The van der Waals surface area contributed by atoms with Crippen molar-refractivity contribution in [1.29, 1.82) is 0 Å². The monoisotopic (exact) mass is 315 g/mol. The van der Waals surface area contributed by atoms with Crippen molar-refractivity contribution in [2.45, 2.75) is 38.8 Å². The molecule has 1 aliphatic heterocycles. The van der Waals surface area contributed by atoms with Crippen LogP contribution in [0.1, 0.15) is 26.3 Å². The minimum absolute atomic E-state index is 0.0315. The fraction of sp³-hybridized carbons (Fsp3) is 0.500. The zero-order valence-electron chi connectivity index (χ0n) is 11.8. The third kappa shape index (κ3) is 4.30. The molecule has 1 amide bonds. The van der Waals surface area contributed by atoms with E-state index in [1.165, 1.54) is 0 Å². The number of carbonyl (C=O) groups excluding carboxylic acids is 1. The lowest BCUT2D eigenvalue weighted by molar-refractivity contribution is 0.0368. The molecular formula is C14H18ClNO3S. The molecule has 0 radical (unpaired) electrons. The predicted octanol–water partition coefficient (Wildman–Crippen LogP) is 4.08. The molecule has 1 aromatic carbocycles. The molecule has 20 heavy (non-hydrogen) atoms. The predicted molar refractivity (Wildman–Crippen MR) is 80.6 cm³/mol. The summed E-state index contributed by atoms with van der Waals surface area (Å²) < 4.78 is 12.2. The van der Waals surface area contributed by atoms with Crippen LogP contribution in [0.5, 0.6) is 0 Å². The van der Waals surface area contributed by atoms with E-state index in [0.29, 0.717) is 18.1 Å². The van der Waals surface area contributed by atoms with E-state index in [1.807, 2.05) is 45.0 Å². The Hall–Kier alpha value is -0.910. The Morgan fingerprint density at radius 1 is 1.45 bits per heavy atom. The Bertz CT molecular complexity index is 472. The molecular weight excluding hydrogens is 298 g/mol. The average Bonchev–Trinajstić information content (AvgIpc) is 2.78. The lowest BCUT2D eigenvalue weighted by Gasteiger charge is -2.25. The second-order valence-electron chi connectivity index (χ2n) is 5.65. The number of carbonyl (C=O) groups is 1. The fourth-order valence-corrected chi connectivity index (χ4v) is 2.63. The van der Waals surface area contributed by atoms with Gasteiger partial charge in [-0.2, -0.15) is 0 Å². The molecule has 0 N–H and O–H groups in total. The van der Waals surface area contributed by atoms with Gasteiger partial charge < -0.3 is 4.74 Å². The first-order valence-electron chi connectivity index (χ1n) is 6.41. The number of rotatable bonds is 2. The SMILES string of the molecule is CC(C)(C)OC(=O)N1SOC[C@@H]1Cc1ccc(Cl)cc1. The Morgan fingerprint density at radius 3 is 2.70 bits per heavy atom. The summed E-state index contributed by atoms with van der Waals surface area (Å²) in [5, 5.41) is 0.704. The quantitative estimate of drug-likeness (QED) is 0.609. The van der Waals surface area contributed by atoms with Gasteiger partial charge in [0.1, 0.15) is 17.8 Å². The highest BCUT2D eigenvalue weighted by atomic mass is 35.5. The molecule has 0 aromatic heterocycles. The van der Waals surface area contributed by atoms with Gasteiger partial charge in [0, 0.05) is 5.02 Å². The summed E-state index contributed by atoms with van der Waals surface area (Å²) in [6.45, 7) is 6.04. The molecule has 1 aliphatic rings. The number of hydrogen-bond donors (Lipinski definition) is 0. The van der Waals surface area contributed by atoms with Gasteiger partial charge in [-0.05, 0) is 44.9 Å². The first kappa shape index (κ1) is 15.5. The van der Waals surface area contributed by atoms with E-state index in [9.17, 15) is 4.79 Å². The third-order valence-corrected chi connectivity index (χ3v) is 3.78. The van der Waals surface area contributed by atoms with Crippen molar-refractivity contribution in [1.82, 2.24) is 4.31 Å². The highest BCUT2D eigenvalue weighted by Crippen LogP contribution is 2.29. The summed E-state index contributed by atoms with van der Waals surface area (Å²) in [5.74, 6) is 0. The Labute approximate surface area is 128 Å². The van der Waals surface area contributed by atoms with Gasteiger partial charge in [-0.1, -0.05) is 23.7 Å². The first-order chi connectivity index (χ1) is 9.35. The molecule has 1 saturated heterocycles. The largest absolute Gasteiger partial charge is 0.443 e. The van der Waals surface area contributed by atoms with Crippen molar-refractivity contribution in [2.75, 3.05) is 6.61 Å². The number of amides is 1. The van der Waals surface area contributed by atoms with Crippen LogP contribution >= 0.6 is 23.8 Å². The van der Waals surface area contributed by atoms with Crippen molar-refractivity contribution >= 4 is 29.9 Å².